The highest BCUT2D eigenvalue weighted by molar-refractivity contribution is 4.71. The van der Waals surface area contributed by atoms with Gasteiger partial charge in [-0.3, -0.25) is 0 Å². The van der Waals surface area contributed by atoms with E-state index >= 15 is 0 Å². The molecule has 3 N–H and O–H groups in total. The molecule has 0 saturated carbocycles. The lowest BCUT2D eigenvalue weighted by Crippen LogP contribution is -2.40. The van der Waals surface area contributed by atoms with Crippen LogP contribution in [0.2, 0.25) is 0 Å². The summed E-state index contributed by atoms with van der Waals surface area (Å²) >= 11 is 0. The number of nitrogens with two attached hydrogens (primary N) is 1. The monoisotopic (exact) mass is 228 g/mol. The van der Waals surface area contributed by atoms with E-state index in [1.54, 1.807) is 0 Å². The Morgan fingerprint density at radius 3 is 2.25 bits per heavy atom. The first kappa shape index (κ1) is 15.9. The summed E-state index contributed by atoms with van der Waals surface area (Å²) in [5.74, 6) is 1.47. The molecule has 98 valence electrons. The smallest absolute Gasteiger partial charge is 0.0191 e. The van der Waals surface area contributed by atoms with E-state index in [4.69, 9.17) is 5.73 Å². The molecule has 0 aromatic rings. The van der Waals surface area contributed by atoms with E-state index in [1.165, 1.54) is 32.1 Å². The number of rotatable bonds is 10. The maximum atomic E-state index is 6.09. The molecule has 3 unspecified atom stereocenters. The second-order valence-corrected chi connectivity index (χ2v) is 5.12. The number of nitrogens with one attached hydrogen (secondary N) is 1. The van der Waals surface area contributed by atoms with E-state index < -0.39 is 0 Å². The van der Waals surface area contributed by atoms with Gasteiger partial charge in [0, 0.05) is 12.6 Å². The highest BCUT2D eigenvalue weighted by atomic mass is 14.9. The highest BCUT2D eigenvalue weighted by Crippen LogP contribution is 2.11. The van der Waals surface area contributed by atoms with E-state index in [9.17, 15) is 0 Å². The Kier molecular flexibility index (Phi) is 10.0. The molecule has 0 bridgehead atoms. The van der Waals surface area contributed by atoms with Gasteiger partial charge >= 0.3 is 0 Å². The number of hydrogen-bond donors (Lipinski definition) is 2. The molecule has 0 saturated heterocycles. The average Bonchev–Trinajstić information content (AvgIpc) is 2.32. The normalized spacial score (nSPS) is 17.1. The van der Waals surface area contributed by atoms with Crippen LogP contribution in [0.3, 0.4) is 0 Å². The fourth-order valence-corrected chi connectivity index (χ4v) is 1.90. The molecule has 0 aliphatic rings. The molecule has 0 aromatic carbocycles. The Hall–Kier alpha value is -0.0800. The van der Waals surface area contributed by atoms with Gasteiger partial charge in [-0.2, -0.15) is 0 Å². The lowest BCUT2D eigenvalue weighted by atomic mass is 9.98. The van der Waals surface area contributed by atoms with Gasteiger partial charge in [0.05, 0.1) is 0 Å². The summed E-state index contributed by atoms with van der Waals surface area (Å²) in [6.45, 7) is 11.1. The van der Waals surface area contributed by atoms with Crippen LogP contribution in [0.5, 0.6) is 0 Å². The van der Waals surface area contributed by atoms with Crippen LogP contribution < -0.4 is 11.1 Å². The van der Waals surface area contributed by atoms with Crippen LogP contribution in [-0.2, 0) is 0 Å². The van der Waals surface area contributed by atoms with Crippen molar-refractivity contribution in [3.05, 3.63) is 0 Å². The van der Waals surface area contributed by atoms with Gasteiger partial charge in [0.25, 0.3) is 0 Å². The van der Waals surface area contributed by atoms with Crippen molar-refractivity contribution in [2.45, 2.75) is 65.8 Å². The SMILES string of the molecule is CCCCC(CC)CNCC(N)C(C)CC. The van der Waals surface area contributed by atoms with Gasteiger partial charge in [0.1, 0.15) is 0 Å². The first-order chi connectivity index (χ1) is 7.65. The minimum atomic E-state index is 0.314. The van der Waals surface area contributed by atoms with E-state index in [0.717, 1.165) is 19.0 Å². The number of unbranched alkanes of at least 4 members (excludes halogenated alkanes) is 1. The predicted molar refractivity (Wildman–Crippen MR) is 73.6 cm³/mol. The summed E-state index contributed by atoms with van der Waals surface area (Å²) in [5.41, 5.74) is 6.09. The van der Waals surface area contributed by atoms with Gasteiger partial charge in [-0.1, -0.05) is 53.4 Å². The third-order valence-electron chi connectivity index (χ3n) is 3.73. The third kappa shape index (κ3) is 7.24. The molecule has 0 spiro atoms. The second kappa shape index (κ2) is 10.1. The van der Waals surface area contributed by atoms with Crippen molar-refractivity contribution in [3.63, 3.8) is 0 Å². The minimum Gasteiger partial charge on any atom is -0.326 e. The molecular formula is C14H32N2. The zero-order chi connectivity index (χ0) is 12.4. The van der Waals surface area contributed by atoms with Crippen LogP contribution in [0.25, 0.3) is 0 Å². The molecule has 0 rings (SSSR count). The van der Waals surface area contributed by atoms with Crippen LogP contribution in [-0.4, -0.2) is 19.1 Å². The highest BCUT2D eigenvalue weighted by Gasteiger charge is 2.11. The molecule has 3 atom stereocenters. The van der Waals surface area contributed by atoms with Gasteiger partial charge in [0.15, 0.2) is 0 Å². The zero-order valence-electron chi connectivity index (χ0n) is 11.8. The van der Waals surface area contributed by atoms with E-state index in [2.05, 4.69) is 33.0 Å². The predicted octanol–water partition coefficient (Wildman–Crippen LogP) is 3.17. The first-order valence-electron chi connectivity index (χ1n) is 7.11. The zero-order valence-corrected chi connectivity index (χ0v) is 11.8. The van der Waals surface area contributed by atoms with Gasteiger partial charge < -0.3 is 11.1 Å². The van der Waals surface area contributed by atoms with Gasteiger partial charge in [-0.05, 0) is 24.8 Å². The van der Waals surface area contributed by atoms with Gasteiger partial charge in [-0.25, -0.2) is 0 Å². The Balaban J connectivity index is 3.60. The molecule has 0 fully saturated rings. The third-order valence-corrected chi connectivity index (χ3v) is 3.73. The Bertz CT molecular complexity index is 148. The number of hydrogen-bond acceptors (Lipinski definition) is 2. The fraction of sp³-hybridized carbons (Fsp3) is 1.00. The Morgan fingerprint density at radius 1 is 1.06 bits per heavy atom. The van der Waals surface area contributed by atoms with Crippen molar-refractivity contribution in [2.75, 3.05) is 13.1 Å². The lowest BCUT2D eigenvalue weighted by Gasteiger charge is -2.21. The minimum absolute atomic E-state index is 0.314. The maximum absolute atomic E-state index is 6.09. The standard InChI is InChI=1S/C14H32N2/c1-5-8-9-13(7-3)10-16-11-14(15)12(4)6-2/h12-14,16H,5-11,15H2,1-4H3. The molecule has 0 aliphatic heterocycles. The van der Waals surface area contributed by atoms with Crippen molar-refractivity contribution >= 4 is 0 Å². The molecular weight excluding hydrogens is 196 g/mol. The average molecular weight is 228 g/mol. The van der Waals surface area contributed by atoms with E-state index in [-0.39, 0.29) is 0 Å². The van der Waals surface area contributed by atoms with Crippen LogP contribution >= 0.6 is 0 Å². The van der Waals surface area contributed by atoms with Crippen molar-refractivity contribution in [2.24, 2.45) is 17.6 Å². The van der Waals surface area contributed by atoms with Crippen molar-refractivity contribution in [3.8, 4) is 0 Å². The largest absolute Gasteiger partial charge is 0.326 e. The van der Waals surface area contributed by atoms with Crippen molar-refractivity contribution in [1.29, 1.82) is 0 Å². The van der Waals surface area contributed by atoms with Crippen molar-refractivity contribution < 1.29 is 0 Å². The summed E-state index contributed by atoms with van der Waals surface area (Å²) in [7, 11) is 0. The topological polar surface area (TPSA) is 38.0 Å². The van der Waals surface area contributed by atoms with Crippen LogP contribution in [0.4, 0.5) is 0 Å². The summed E-state index contributed by atoms with van der Waals surface area (Å²) in [6, 6.07) is 0.314. The molecule has 2 nitrogen and oxygen atoms in total. The van der Waals surface area contributed by atoms with Crippen LogP contribution in [0, 0.1) is 11.8 Å². The van der Waals surface area contributed by atoms with E-state index in [0.29, 0.717) is 12.0 Å². The molecule has 0 radical (unpaired) electrons. The lowest BCUT2D eigenvalue weighted by molar-refractivity contribution is 0.377. The summed E-state index contributed by atoms with van der Waals surface area (Å²) in [5, 5.41) is 3.54. The summed E-state index contributed by atoms with van der Waals surface area (Å²) < 4.78 is 0. The summed E-state index contributed by atoms with van der Waals surface area (Å²) in [4.78, 5) is 0. The van der Waals surface area contributed by atoms with Crippen LogP contribution in [0.15, 0.2) is 0 Å². The van der Waals surface area contributed by atoms with Crippen molar-refractivity contribution in [1.82, 2.24) is 5.32 Å². The summed E-state index contributed by atoms with van der Waals surface area (Å²) in [6.07, 6.45) is 6.49. The molecule has 0 amide bonds. The van der Waals surface area contributed by atoms with Gasteiger partial charge in [-0.15, -0.1) is 0 Å². The molecule has 0 aliphatic carbocycles. The van der Waals surface area contributed by atoms with Gasteiger partial charge in [0.2, 0.25) is 0 Å². The quantitative estimate of drug-likeness (QED) is 0.603. The Labute approximate surface area is 102 Å². The first-order valence-corrected chi connectivity index (χ1v) is 7.11. The Morgan fingerprint density at radius 2 is 1.75 bits per heavy atom. The maximum Gasteiger partial charge on any atom is 0.0191 e. The van der Waals surface area contributed by atoms with Crippen LogP contribution in [0.1, 0.15) is 59.8 Å². The molecule has 2 heteroatoms. The van der Waals surface area contributed by atoms with E-state index in [1.807, 2.05) is 0 Å². The molecule has 0 aromatic heterocycles. The second-order valence-electron chi connectivity index (χ2n) is 5.12. The fourth-order valence-electron chi connectivity index (χ4n) is 1.90. The molecule has 16 heavy (non-hydrogen) atoms. The molecule has 0 heterocycles.